The summed E-state index contributed by atoms with van der Waals surface area (Å²) in [6.45, 7) is 2.70. The van der Waals surface area contributed by atoms with Crippen molar-refractivity contribution in [2.45, 2.75) is 51.6 Å². The molecule has 10 heteroatoms. The standard InChI is InChI=1S/C32H40FN3O5S/c1-4-5-21-34-32(38)30(23-25-10-7-6-8-11-25)35(24-26-13-15-27(33)16-14-26)31(37)12-9-22-36(42(3,39)40)28-17-19-29(41-2)20-18-28/h6-8,10-11,13-20,30H,4-5,9,12,21-24H2,1-3H3,(H,34,38). The number of halogens is 1. The van der Waals surface area contributed by atoms with Crippen LogP contribution in [-0.4, -0.2) is 57.6 Å². The van der Waals surface area contributed by atoms with Gasteiger partial charge in [0.2, 0.25) is 21.8 Å². The summed E-state index contributed by atoms with van der Waals surface area (Å²) < 4.78 is 45.3. The van der Waals surface area contributed by atoms with Crippen LogP contribution in [0, 0.1) is 5.82 Å². The number of sulfonamides is 1. The van der Waals surface area contributed by atoms with Crippen LogP contribution in [0.1, 0.15) is 43.7 Å². The van der Waals surface area contributed by atoms with E-state index >= 15 is 0 Å². The van der Waals surface area contributed by atoms with Gasteiger partial charge < -0.3 is 15.0 Å². The van der Waals surface area contributed by atoms with E-state index in [9.17, 15) is 22.4 Å². The summed E-state index contributed by atoms with van der Waals surface area (Å²) in [5.41, 5.74) is 2.04. The summed E-state index contributed by atoms with van der Waals surface area (Å²) >= 11 is 0. The Morgan fingerprint density at radius 1 is 0.929 bits per heavy atom. The first-order valence-corrected chi connectivity index (χ1v) is 15.9. The molecule has 0 bridgehead atoms. The Bertz CT molecular complexity index is 1380. The van der Waals surface area contributed by atoms with E-state index in [1.165, 1.54) is 28.4 Å². The van der Waals surface area contributed by atoms with Crippen molar-refractivity contribution in [3.63, 3.8) is 0 Å². The molecule has 0 saturated heterocycles. The monoisotopic (exact) mass is 597 g/mol. The van der Waals surface area contributed by atoms with Crippen LogP contribution in [0.15, 0.2) is 78.9 Å². The lowest BCUT2D eigenvalue weighted by Gasteiger charge is -2.32. The average molecular weight is 598 g/mol. The summed E-state index contributed by atoms with van der Waals surface area (Å²) in [6.07, 6.45) is 3.38. The maximum absolute atomic E-state index is 13.8. The van der Waals surface area contributed by atoms with Gasteiger partial charge in [0.25, 0.3) is 0 Å². The highest BCUT2D eigenvalue weighted by atomic mass is 32.2. The minimum atomic E-state index is -3.62. The Morgan fingerprint density at radius 3 is 2.19 bits per heavy atom. The largest absolute Gasteiger partial charge is 0.497 e. The number of benzene rings is 3. The molecule has 226 valence electrons. The average Bonchev–Trinajstić information content (AvgIpc) is 2.98. The molecule has 0 aromatic heterocycles. The Hall–Kier alpha value is -3.92. The highest BCUT2D eigenvalue weighted by Crippen LogP contribution is 2.23. The van der Waals surface area contributed by atoms with Gasteiger partial charge in [-0.3, -0.25) is 13.9 Å². The zero-order valence-electron chi connectivity index (χ0n) is 24.5. The fourth-order valence-electron chi connectivity index (χ4n) is 4.60. The van der Waals surface area contributed by atoms with Gasteiger partial charge >= 0.3 is 0 Å². The molecule has 3 rings (SSSR count). The first-order valence-electron chi connectivity index (χ1n) is 14.1. The minimum Gasteiger partial charge on any atom is -0.497 e. The summed E-state index contributed by atoms with van der Waals surface area (Å²) in [6, 6.07) is 21.1. The van der Waals surface area contributed by atoms with Crippen molar-refractivity contribution in [3.8, 4) is 5.75 Å². The molecule has 0 saturated carbocycles. The highest BCUT2D eigenvalue weighted by molar-refractivity contribution is 7.92. The second kappa shape index (κ2) is 15.9. The first-order chi connectivity index (χ1) is 20.1. The number of carbonyl (C=O) groups excluding carboxylic acids is 2. The quantitative estimate of drug-likeness (QED) is 0.236. The van der Waals surface area contributed by atoms with Crippen LogP contribution in [0.4, 0.5) is 10.1 Å². The number of unbranched alkanes of at least 4 members (excludes halogenated alkanes) is 1. The third-order valence-corrected chi connectivity index (χ3v) is 8.07. The van der Waals surface area contributed by atoms with Crippen molar-refractivity contribution >= 4 is 27.5 Å². The van der Waals surface area contributed by atoms with E-state index in [4.69, 9.17) is 4.74 Å². The van der Waals surface area contributed by atoms with Gasteiger partial charge in [0.05, 0.1) is 19.1 Å². The summed E-state index contributed by atoms with van der Waals surface area (Å²) in [4.78, 5) is 28.8. The number of hydrogen-bond donors (Lipinski definition) is 1. The predicted octanol–water partition coefficient (Wildman–Crippen LogP) is 4.94. The maximum atomic E-state index is 13.8. The molecule has 8 nitrogen and oxygen atoms in total. The number of amides is 2. The summed E-state index contributed by atoms with van der Waals surface area (Å²) in [5, 5.41) is 2.97. The molecule has 0 aliphatic heterocycles. The first kappa shape index (κ1) is 32.6. The molecule has 2 amide bonds. The fraction of sp³-hybridized carbons (Fsp3) is 0.375. The van der Waals surface area contributed by atoms with Crippen LogP contribution >= 0.6 is 0 Å². The SMILES string of the molecule is CCCCNC(=O)C(Cc1ccccc1)N(Cc1ccc(F)cc1)C(=O)CCCN(c1ccc(OC)cc1)S(C)(=O)=O. The van der Waals surface area contributed by atoms with Crippen LogP contribution < -0.4 is 14.4 Å². The molecule has 42 heavy (non-hydrogen) atoms. The van der Waals surface area contributed by atoms with Gasteiger partial charge in [-0.2, -0.15) is 0 Å². The van der Waals surface area contributed by atoms with Gasteiger partial charge in [0.1, 0.15) is 17.6 Å². The lowest BCUT2D eigenvalue weighted by Crippen LogP contribution is -2.50. The van der Waals surface area contributed by atoms with E-state index in [-0.39, 0.29) is 37.7 Å². The molecular weight excluding hydrogens is 557 g/mol. The molecule has 0 fully saturated rings. The summed E-state index contributed by atoms with van der Waals surface area (Å²) in [5.74, 6) is -0.359. The van der Waals surface area contributed by atoms with Gasteiger partial charge in [-0.1, -0.05) is 55.8 Å². The van der Waals surface area contributed by atoms with Crippen molar-refractivity contribution in [2.75, 3.05) is 30.8 Å². The van der Waals surface area contributed by atoms with Crippen molar-refractivity contribution in [1.82, 2.24) is 10.2 Å². The number of carbonyl (C=O) groups is 2. The molecule has 3 aromatic carbocycles. The number of nitrogens with one attached hydrogen (secondary N) is 1. The normalized spacial score (nSPS) is 11.9. The van der Waals surface area contributed by atoms with Crippen LogP contribution in [0.2, 0.25) is 0 Å². The third-order valence-electron chi connectivity index (χ3n) is 6.88. The number of rotatable bonds is 16. The lowest BCUT2D eigenvalue weighted by molar-refractivity contribution is -0.141. The lowest BCUT2D eigenvalue weighted by atomic mass is 10.0. The number of hydrogen-bond acceptors (Lipinski definition) is 5. The van der Waals surface area contributed by atoms with Gasteiger partial charge in [-0.05, 0) is 60.4 Å². The molecule has 1 unspecified atom stereocenters. The Labute approximate surface area is 248 Å². The van der Waals surface area contributed by atoms with Crippen LogP contribution in [-0.2, 0) is 32.6 Å². The molecule has 0 aliphatic carbocycles. The van der Waals surface area contributed by atoms with Crippen LogP contribution in [0.5, 0.6) is 5.75 Å². The second-order valence-electron chi connectivity index (χ2n) is 10.1. The van der Waals surface area contributed by atoms with E-state index in [1.807, 2.05) is 37.3 Å². The maximum Gasteiger partial charge on any atom is 0.243 e. The van der Waals surface area contributed by atoms with Gasteiger partial charge in [-0.15, -0.1) is 0 Å². The summed E-state index contributed by atoms with van der Waals surface area (Å²) in [7, 11) is -2.09. The van der Waals surface area contributed by atoms with E-state index in [2.05, 4.69) is 5.32 Å². The zero-order chi connectivity index (χ0) is 30.5. The minimum absolute atomic E-state index is 0.0108. The molecule has 1 atom stereocenters. The smallest absolute Gasteiger partial charge is 0.243 e. The Balaban J connectivity index is 1.85. The highest BCUT2D eigenvalue weighted by Gasteiger charge is 2.30. The topological polar surface area (TPSA) is 96.0 Å². The number of nitrogens with zero attached hydrogens (tertiary/aromatic N) is 2. The van der Waals surface area contributed by atoms with Crippen molar-refractivity contribution in [2.24, 2.45) is 0 Å². The Kier molecular flexibility index (Phi) is 12.3. The molecule has 0 heterocycles. The van der Waals surface area contributed by atoms with Gasteiger partial charge in [0.15, 0.2) is 0 Å². The molecule has 0 radical (unpaired) electrons. The number of methoxy groups -OCH3 is 1. The molecule has 0 aliphatic rings. The van der Waals surface area contributed by atoms with E-state index in [0.717, 1.165) is 24.7 Å². The molecule has 0 spiro atoms. The van der Waals surface area contributed by atoms with E-state index < -0.39 is 21.9 Å². The second-order valence-corrected chi connectivity index (χ2v) is 12.0. The van der Waals surface area contributed by atoms with Gasteiger partial charge in [0, 0.05) is 32.5 Å². The van der Waals surface area contributed by atoms with E-state index in [1.54, 1.807) is 36.4 Å². The van der Waals surface area contributed by atoms with Crippen molar-refractivity contribution in [3.05, 3.63) is 95.8 Å². The third kappa shape index (κ3) is 9.87. The van der Waals surface area contributed by atoms with E-state index in [0.29, 0.717) is 30.0 Å². The molecule has 1 N–H and O–H groups in total. The number of ether oxygens (including phenoxy) is 1. The zero-order valence-corrected chi connectivity index (χ0v) is 25.3. The number of anilines is 1. The van der Waals surface area contributed by atoms with Crippen molar-refractivity contribution < 1.29 is 27.1 Å². The molecular formula is C32H40FN3O5S. The Morgan fingerprint density at radius 2 is 1.60 bits per heavy atom. The van der Waals surface area contributed by atoms with Crippen LogP contribution in [0.25, 0.3) is 0 Å². The predicted molar refractivity (Wildman–Crippen MR) is 163 cm³/mol. The van der Waals surface area contributed by atoms with Crippen LogP contribution in [0.3, 0.4) is 0 Å². The van der Waals surface area contributed by atoms with Gasteiger partial charge in [-0.25, -0.2) is 12.8 Å². The fourth-order valence-corrected chi connectivity index (χ4v) is 5.56. The van der Waals surface area contributed by atoms with Crippen molar-refractivity contribution in [1.29, 1.82) is 0 Å². The molecule has 3 aromatic rings.